The first-order valence-corrected chi connectivity index (χ1v) is 8.55. The maximum absolute atomic E-state index is 12.9. The molecule has 0 saturated heterocycles. The number of phenols is 1. The maximum atomic E-state index is 12.9. The predicted molar refractivity (Wildman–Crippen MR) is 95.3 cm³/mol. The molecule has 0 radical (unpaired) electrons. The summed E-state index contributed by atoms with van der Waals surface area (Å²) in [5.74, 6) is -0.950. The van der Waals surface area contributed by atoms with Gasteiger partial charge in [0.2, 0.25) is 5.91 Å². The summed E-state index contributed by atoms with van der Waals surface area (Å²) in [4.78, 5) is 25.0. The Hall–Kier alpha value is -2.53. The quantitative estimate of drug-likeness (QED) is 0.736. The summed E-state index contributed by atoms with van der Waals surface area (Å²) in [6, 6.07) is 13.4. The van der Waals surface area contributed by atoms with E-state index in [4.69, 9.17) is 11.6 Å². The number of aromatic hydroxyl groups is 1. The molecule has 130 valence electrons. The molecule has 0 bridgehead atoms. The second kappa shape index (κ2) is 7.15. The molecule has 1 aliphatic rings. The van der Waals surface area contributed by atoms with Gasteiger partial charge in [0, 0.05) is 5.02 Å². The molecule has 6 heteroatoms. The smallest absolute Gasteiger partial charge is 0.273 e. The Kier molecular flexibility index (Phi) is 4.95. The van der Waals surface area contributed by atoms with Crippen LogP contribution >= 0.6 is 11.6 Å². The van der Waals surface area contributed by atoms with Crippen molar-refractivity contribution in [1.82, 2.24) is 10.9 Å². The van der Waals surface area contributed by atoms with Gasteiger partial charge >= 0.3 is 0 Å². The number of phenolic OH excluding ortho intramolecular Hbond substituents is 1. The van der Waals surface area contributed by atoms with Crippen LogP contribution in [0.25, 0.3) is 0 Å². The molecule has 1 saturated carbocycles. The Balaban J connectivity index is 1.75. The number of hydrazine groups is 1. The summed E-state index contributed by atoms with van der Waals surface area (Å²) in [6.45, 7) is 0. The van der Waals surface area contributed by atoms with Gasteiger partial charge in [-0.2, -0.15) is 0 Å². The number of benzene rings is 2. The molecular weight excluding hydrogens is 340 g/mol. The molecule has 2 aromatic rings. The van der Waals surface area contributed by atoms with Gasteiger partial charge in [-0.15, -0.1) is 0 Å². The van der Waals surface area contributed by atoms with Gasteiger partial charge in [-0.1, -0.05) is 48.7 Å². The van der Waals surface area contributed by atoms with Crippen molar-refractivity contribution in [2.45, 2.75) is 31.1 Å². The first-order chi connectivity index (χ1) is 12.0. The van der Waals surface area contributed by atoms with E-state index < -0.39 is 11.3 Å². The summed E-state index contributed by atoms with van der Waals surface area (Å²) in [7, 11) is 0. The highest BCUT2D eigenvalue weighted by atomic mass is 35.5. The van der Waals surface area contributed by atoms with E-state index in [0.29, 0.717) is 17.9 Å². The van der Waals surface area contributed by atoms with Crippen molar-refractivity contribution < 1.29 is 14.7 Å². The van der Waals surface area contributed by atoms with E-state index in [0.717, 1.165) is 18.4 Å². The predicted octanol–water partition coefficient (Wildman–Crippen LogP) is 3.32. The number of halogens is 1. The van der Waals surface area contributed by atoms with Crippen LogP contribution in [0.4, 0.5) is 0 Å². The average Bonchev–Trinajstić information content (AvgIpc) is 3.11. The highest BCUT2D eigenvalue weighted by molar-refractivity contribution is 6.30. The molecule has 3 rings (SSSR count). The van der Waals surface area contributed by atoms with E-state index in [9.17, 15) is 14.7 Å². The van der Waals surface area contributed by atoms with Gasteiger partial charge in [-0.25, -0.2) is 0 Å². The van der Waals surface area contributed by atoms with Crippen molar-refractivity contribution in [1.29, 1.82) is 0 Å². The van der Waals surface area contributed by atoms with Gasteiger partial charge in [-0.05, 0) is 42.7 Å². The highest BCUT2D eigenvalue weighted by Crippen LogP contribution is 2.41. The molecule has 0 heterocycles. The van der Waals surface area contributed by atoms with Crippen LogP contribution in [0.5, 0.6) is 5.75 Å². The summed E-state index contributed by atoms with van der Waals surface area (Å²) in [5.41, 5.74) is 5.25. The SMILES string of the molecule is O=C(NNC(=O)C1(c2ccc(Cl)cc2)CCCC1)c1ccccc1O. The van der Waals surface area contributed by atoms with Gasteiger partial charge < -0.3 is 5.11 Å². The number of hydrogen-bond acceptors (Lipinski definition) is 3. The lowest BCUT2D eigenvalue weighted by Gasteiger charge is -2.28. The van der Waals surface area contributed by atoms with Gasteiger partial charge in [0.1, 0.15) is 5.75 Å². The summed E-state index contributed by atoms with van der Waals surface area (Å²) >= 11 is 5.95. The molecular formula is C19H19ClN2O3. The minimum atomic E-state index is -0.670. The van der Waals surface area contributed by atoms with Gasteiger partial charge in [-0.3, -0.25) is 20.4 Å². The number of para-hydroxylation sites is 1. The fraction of sp³-hybridized carbons (Fsp3) is 0.263. The van der Waals surface area contributed by atoms with Crippen LogP contribution in [0.1, 0.15) is 41.6 Å². The number of hydrogen-bond donors (Lipinski definition) is 3. The Bertz CT molecular complexity index is 784. The van der Waals surface area contributed by atoms with E-state index in [1.54, 1.807) is 24.3 Å². The molecule has 1 fully saturated rings. The normalized spacial score (nSPS) is 15.6. The zero-order chi connectivity index (χ0) is 17.9. The Labute approximate surface area is 151 Å². The van der Waals surface area contributed by atoms with Crippen molar-refractivity contribution in [3.05, 3.63) is 64.7 Å². The molecule has 0 aliphatic heterocycles. The number of amides is 2. The largest absolute Gasteiger partial charge is 0.507 e. The monoisotopic (exact) mass is 358 g/mol. The molecule has 2 aromatic carbocycles. The number of carbonyl (C=O) groups excluding carboxylic acids is 2. The van der Waals surface area contributed by atoms with Gasteiger partial charge in [0.05, 0.1) is 11.0 Å². The average molecular weight is 359 g/mol. The van der Waals surface area contributed by atoms with Crippen LogP contribution in [-0.2, 0) is 10.2 Å². The van der Waals surface area contributed by atoms with Crippen LogP contribution in [0.15, 0.2) is 48.5 Å². The van der Waals surface area contributed by atoms with E-state index in [1.807, 2.05) is 12.1 Å². The van der Waals surface area contributed by atoms with Crippen LogP contribution in [0.2, 0.25) is 5.02 Å². The fourth-order valence-electron chi connectivity index (χ4n) is 3.36. The second-order valence-corrected chi connectivity index (χ2v) is 6.66. The molecule has 3 N–H and O–H groups in total. The summed E-state index contributed by atoms with van der Waals surface area (Å²) in [5, 5.41) is 10.3. The van der Waals surface area contributed by atoms with E-state index in [1.165, 1.54) is 12.1 Å². The molecule has 25 heavy (non-hydrogen) atoms. The molecule has 0 aromatic heterocycles. The lowest BCUT2D eigenvalue weighted by Crippen LogP contribution is -2.50. The lowest BCUT2D eigenvalue weighted by molar-refractivity contribution is -0.127. The lowest BCUT2D eigenvalue weighted by atomic mass is 9.78. The minimum absolute atomic E-state index is 0.106. The first-order valence-electron chi connectivity index (χ1n) is 8.18. The third-order valence-electron chi connectivity index (χ3n) is 4.73. The van der Waals surface area contributed by atoms with E-state index in [-0.39, 0.29) is 17.2 Å². The topological polar surface area (TPSA) is 78.4 Å². The molecule has 5 nitrogen and oxygen atoms in total. The standard InChI is InChI=1S/C19H19ClN2O3/c20-14-9-7-13(8-10-14)19(11-3-4-12-19)18(25)22-21-17(24)15-5-1-2-6-16(15)23/h1-2,5-10,23H,3-4,11-12H2,(H,21,24)(H,22,25). The molecule has 0 atom stereocenters. The highest BCUT2D eigenvalue weighted by Gasteiger charge is 2.42. The van der Waals surface area contributed by atoms with Crippen LogP contribution in [0.3, 0.4) is 0 Å². The fourth-order valence-corrected chi connectivity index (χ4v) is 3.49. The Morgan fingerprint density at radius 2 is 1.60 bits per heavy atom. The zero-order valence-electron chi connectivity index (χ0n) is 13.6. The van der Waals surface area contributed by atoms with Gasteiger partial charge in [0.15, 0.2) is 0 Å². The number of nitrogens with one attached hydrogen (secondary N) is 2. The third kappa shape index (κ3) is 3.46. The van der Waals surface area contributed by atoms with E-state index in [2.05, 4.69) is 10.9 Å². The maximum Gasteiger partial charge on any atom is 0.273 e. The van der Waals surface area contributed by atoms with Crippen molar-refractivity contribution in [3.63, 3.8) is 0 Å². The molecule has 0 unspecified atom stereocenters. The first kappa shape index (κ1) is 17.3. The minimum Gasteiger partial charge on any atom is -0.507 e. The Morgan fingerprint density at radius 1 is 0.960 bits per heavy atom. The molecule has 1 aliphatic carbocycles. The van der Waals surface area contributed by atoms with Crippen LogP contribution in [-0.4, -0.2) is 16.9 Å². The van der Waals surface area contributed by atoms with Crippen molar-refractivity contribution >= 4 is 23.4 Å². The molecule has 0 spiro atoms. The summed E-state index contributed by atoms with van der Waals surface area (Å²) in [6.07, 6.45) is 3.33. The number of rotatable bonds is 3. The van der Waals surface area contributed by atoms with Crippen LogP contribution < -0.4 is 10.9 Å². The third-order valence-corrected chi connectivity index (χ3v) is 4.98. The van der Waals surface area contributed by atoms with Crippen molar-refractivity contribution in [2.24, 2.45) is 0 Å². The van der Waals surface area contributed by atoms with Crippen molar-refractivity contribution in [2.75, 3.05) is 0 Å². The number of carbonyl (C=O) groups is 2. The molecule has 2 amide bonds. The second-order valence-electron chi connectivity index (χ2n) is 6.22. The zero-order valence-corrected chi connectivity index (χ0v) is 14.3. The van der Waals surface area contributed by atoms with E-state index >= 15 is 0 Å². The van der Waals surface area contributed by atoms with Gasteiger partial charge in [0.25, 0.3) is 5.91 Å². The van der Waals surface area contributed by atoms with Crippen LogP contribution in [0, 0.1) is 0 Å². The Morgan fingerprint density at radius 3 is 2.24 bits per heavy atom. The van der Waals surface area contributed by atoms with Crippen molar-refractivity contribution in [3.8, 4) is 5.75 Å². The summed E-state index contributed by atoms with van der Waals surface area (Å²) < 4.78 is 0.